The molecule has 0 spiro atoms. The molecular formula is C19H16N6O. The summed E-state index contributed by atoms with van der Waals surface area (Å²) < 4.78 is 9.36. The summed E-state index contributed by atoms with van der Waals surface area (Å²) in [5.41, 5.74) is 3.64. The zero-order valence-corrected chi connectivity index (χ0v) is 14.4. The fraction of sp³-hybridized carbons (Fsp3) is 0.158. The van der Waals surface area contributed by atoms with Crippen LogP contribution in [0.15, 0.2) is 48.7 Å². The van der Waals surface area contributed by atoms with Crippen LogP contribution in [0.4, 0.5) is 0 Å². The normalized spacial score (nSPS) is 10.8. The number of benzene rings is 1. The molecule has 0 atom stereocenters. The minimum atomic E-state index is 0.292. The molecule has 0 saturated carbocycles. The van der Waals surface area contributed by atoms with Crippen molar-refractivity contribution in [2.45, 2.75) is 13.5 Å². The number of aryl methyl sites for hydroxylation is 2. The Morgan fingerprint density at radius 2 is 1.92 bits per heavy atom. The molecule has 0 aliphatic heterocycles. The monoisotopic (exact) mass is 344 g/mol. The molecule has 4 aromatic rings. The second-order valence-corrected chi connectivity index (χ2v) is 5.91. The Balaban J connectivity index is 1.56. The predicted molar refractivity (Wildman–Crippen MR) is 95.4 cm³/mol. The van der Waals surface area contributed by atoms with Crippen LogP contribution in [0.3, 0.4) is 0 Å². The minimum Gasteiger partial charge on any atom is -0.468 e. The van der Waals surface area contributed by atoms with Crippen molar-refractivity contribution in [2.75, 3.05) is 0 Å². The molecular weight excluding hydrogens is 328 g/mol. The standard InChI is InChI=1S/C19H16N6O/c1-13-15(10-20)21-17-8-9-19(23-25(13)17)26-12-18-22-16(11-24(18)2)14-6-4-3-5-7-14/h3-9,11H,12H2,1-2H3. The van der Waals surface area contributed by atoms with Crippen LogP contribution in [0.25, 0.3) is 16.9 Å². The van der Waals surface area contributed by atoms with Gasteiger partial charge in [-0.1, -0.05) is 30.3 Å². The SMILES string of the molecule is Cc1c(C#N)nc2ccc(OCc3nc(-c4ccccc4)cn3C)nn12. The van der Waals surface area contributed by atoms with E-state index in [9.17, 15) is 0 Å². The van der Waals surface area contributed by atoms with Gasteiger partial charge < -0.3 is 9.30 Å². The molecule has 1 aromatic carbocycles. The fourth-order valence-corrected chi connectivity index (χ4v) is 2.73. The van der Waals surface area contributed by atoms with Crippen molar-refractivity contribution < 1.29 is 4.74 Å². The van der Waals surface area contributed by atoms with Gasteiger partial charge in [-0.15, -0.1) is 5.10 Å². The predicted octanol–water partition coefficient (Wildman–Crippen LogP) is 2.89. The summed E-state index contributed by atoms with van der Waals surface area (Å²) >= 11 is 0. The summed E-state index contributed by atoms with van der Waals surface area (Å²) in [7, 11) is 1.94. The van der Waals surface area contributed by atoms with Gasteiger partial charge in [0.15, 0.2) is 11.3 Å². The van der Waals surface area contributed by atoms with Gasteiger partial charge in [0.25, 0.3) is 0 Å². The maximum atomic E-state index is 9.07. The Kier molecular flexibility index (Phi) is 3.86. The van der Waals surface area contributed by atoms with Gasteiger partial charge in [-0.3, -0.25) is 0 Å². The molecule has 7 heteroatoms. The number of nitriles is 1. The lowest BCUT2D eigenvalue weighted by molar-refractivity contribution is 0.276. The quantitative estimate of drug-likeness (QED) is 0.568. The third kappa shape index (κ3) is 2.78. The second kappa shape index (κ2) is 6.33. The van der Waals surface area contributed by atoms with Gasteiger partial charge >= 0.3 is 0 Å². The van der Waals surface area contributed by atoms with E-state index in [2.05, 4.69) is 21.1 Å². The van der Waals surface area contributed by atoms with E-state index in [0.29, 0.717) is 29.5 Å². The van der Waals surface area contributed by atoms with E-state index in [1.807, 2.05) is 48.1 Å². The lowest BCUT2D eigenvalue weighted by Crippen LogP contribution is -2.05. The molecule has 3 heterocycles. The Morgan fingerprint density at radius 3 is 2.69 bits per heavy atom. The summed E-state index contributed by atoms with van der Waals surface area (Å²) in [5, 5.41) is 13.5. The number of hydrogen-bond acceptors (Lipinski definition) is 5. The third-order valence-corrected chi connectivity index (χ3v) is 4.17. The molecule has 0 aliphatic rings. The first kappa shape index (κ1) is 15.8. The van der Waals surface area contributed by atoms with Gasteiger partial charge in [-0.2, -0.15) is 5.26 Å². The third-order valence-electron chi connectivity index (χ3n) is 4.17. The average Bonchev–Trinajstić information content (AvgIpc) is 3.20. The van der Waals surface area contributed by atoms with Gasteiger partial charge in [-0.25, -0.2) is 14.5 Å². The van der Waals surface area contributed by atoms with Crippen LogP contribution in [0.2, 0.25) is 0 Å². The topological polar surface area (TPSA) is 81.0 Å². The fourth-order valence-electron chi connectivity index (χ4n) is 2.73. The van der Waals surface area contributed by atoms with Gasteiger partial charge in [0, 0.05) is 24.9 Å². The summed E-state index contributed by atoms with van der Waals surface area (Å²) in [4.78, 5) is 8.85. The molecule has 0 radical (unpaired) electrons. The lowest BCUT2D eigenvalue weighted by Gasteiger charge is -2.05. The van der Waals surface area contributed by atoms with Gasteiger partial charge in [0.1, 0.15) is 18.5 Å². The Morgan fingerprint density at radius 1 is 1.12 bits per heavy atom. The highest BCUT2D eigenvalue weighted by Crippen LogP contribution is 2.19. The second-order valence-electron chi connectivity index (χ2n) is 5.91. The molecule has 0 saturated heterocycles. The van der Waals surface area contributed by atoms with Gasteiger partial charge in [-0.05, 0) is 13.0 Å². The van der Waals surface area contributed by atoms with E-state index < -0.39 is 0 Å². The maximum Gasteiger partial charge on any atom is 0.232 e. The summed E-state index contributed by atoms with van der Waals surface area (Å²) in [6, 6.07) is 15.6. The largest absolute Gasteiger partial charge is 0.468 e. The summed E-state index contributed by atoms with van der Waals surface area (Å²) in [6.07, 6.45) is 1.98. The number of rotatable bonds is 4. The van der Waals surface area contributed by atoms with Crippen LogP contribution in [0, 0.1) is 18.3 Å². The molecule has 4 rings (SSSR count). The summed E-state index contributed by atoms with van der Waals surface area (Å²) in [5.74, 6) is 1.25. The average molecular weight is 344 g/mol. The van der Waals surface area contributed by atoms with Crippen molar-refractivity contribution in [1.82, 2.24) is 24.1 Å². The number of imidazole rings is 2. The van der Waals surface area contributed by atoms with E-state index >= 15 is 0 Å². The highest BCUT2D eigenvalue weighted by atomic mass is 16.5. The van der Waals surface area contributed by atoms with E-state index in [4.69, 9.17) is 10.00 Å². The van der Waals surface area contributed by atoms with Crippen molar-refractivity contribution in [2.24, 2.45) is 7.05 Å². The van der Waals surface area contributed by atoms with Crippen LogP contribution in [0.1, 0.15) is 17.2 Å². The van der Waals surface area contributed by atoms with Crippen LogP contribution in [-0.4, -0.2) is 24.1 Å². The van der Waals surface area contributed by atoms with Crippen molar-refractivity contribution in [3.8, 4) is 23.2 Å². The summed E-state index contributed by atoms with van der Waals surface area (Å²) in [6.45, 7) is 2.10. The number of nitrogens with zero attached hydrogens (tertiary/aromatic N) is 6. The van der Waals surface area contributed by atoms with Crippen molar-refractivity contribution in [3.05, 3.63) is 65.9 Å². The zero-order valence-electron chi connectivity index (χ0n) is 14.4. The van der Waals surface area contributed by atoms with Crippen LogP contribution in [0.5, 0.6) is 5.88 Å². The molecule has 0 aliphatic carbocycles. The number of fused-ring (bicyclic) bond motifs is 1. The molecule has 3 aromatic heterocycles. The smallest absolute Gasteiger partial charge is 0.232 e. The first-order valence-electron chi connectivity index (χ1n) is 8.12. The first-order valence-corrected chi connectivity index (χ1v) is 8.12. The van der Waals surface area contributed by atoms with Crippen LogP contribution < -0.4 is 4.74 Å². The molecule has 0 unspecified atom stereocenters. The van der Waals surface area contributed by atoms with Gasteiger partial charge in [0.05, 0.1) is 11.4 Å². The van der Waals surface area contributed by atoms with Crippen LogP contribution >= 0.6 is 0 Å². The van der Waals surface area contributed by atoms with E-state index in [-0.39, 0.29) is 0 Å². The molecule has 0 amide bonds. The highest BCUT2D eigenvalue weighted by molar-refractivity contribution is 5.58. The van der Waals surface area contributed by atoms with Gasteiger partial charge in [0.2, 0.25) is 5.88 Å². The zero-order chi connectivity index (χ0) is 18.1. The molecule has 128 valence electrons. The first-order chi connectivity index (χ1) is 12.7. The molecule has 0 bridgehead atoms. The van der Waals surface area contributed by atoms with Crippen LogP contribution in [-0.2, 0) is 13.7 Å². The van der Waals surface area contributed by atoms with E-state index in [0.717, 1.165) is 17.1 Å². The molecule has 26 heavy (non-hydrogen) atoms. The Hall–Kier alpha value is -3.66. The lowest BCUT2D eigenvalue weighted by atomic mass is 10.2. The van der Waals surface area contributed by atoms with E-state index in [1.165, 1.54) is 0 Å². The van der Waals surface area contributed by atoms with E-state index in [1.54, 1.807) is 23.6 Å². The minimum absolute atomic E-state index is 0.292. The Labute approximate surface area is 150 Å². The molecule has 0 N–H and O–H groups in total. The maximum absolute atomic E-state index is 9.07. The molecule has 7 nitrogen and oxygen atoms in total. The Bertz CT molecular complexity index is 1120. The van der Waals surface area contributed by atoms with Crippen molar-refractivity contribution >= 4 is 5.65 Å². The van der Waals surface area contributed by atoms with Crippen molar-refractivity contribution in [3.63, 3.8) is 0 Å². The van der Waals surface area contributed by atoms with Crippen molar-refractivity contribution in [1.29, 1.82) is 5.26 Å². The molecule has 0 fully saturated rings. The number of aromatic nitrogens is 5. The number of hydrogen-bond donors (Lipinski definition) is 0. The highest BCUT2D eigenvalue weighted by Gasteiger charge is 2.11. The number of ether oxygens (including phenoxy) is 1.